The minimum absolute atomic E-state index is 0.428. The molecule has 0 saturated carbocycles. The summed E-state index contributed by atoms with van der Waals surface area (Å²) in [5.41, 5.74) is 0. The molecule has 0 spiro atoms. The zero-order valence-electron chi connectivity index (χ0n) is 9.06. The molecule has 88 valence electrons. The van der Waals surface area contributed by atoms with Gasteiger partial charge < -0.3 is 24.1 Å². The lowest BCUT2D eigenvalue weighted by Crippen LogP contribution is -2.52. The monoisotopic (exact) mass is 220 g/mol. The molecule has 0 heterocycles. The number of carbonyl (C=O) groups excluding carboxylic acids is 1. The average Bonchev–Trinajstić information content (AvgIpc) is 2.28. The summed E-state index contributed by atoms with van der Waals surface area (Å²) < 4.78 is 19.5. The standard InChI is InChI=1S/C9H16O6/c1-5-8(11)15-9(13-3,14-4)7(6-10)12-2/h5,7,10H,1,6H2,2-4H3. The van der Waals surface area contributed by atoms with E-state index in [0.29, 0.717) is 0 Å². The van der Waals surface area contributed by atoms with Gasteiger partial charge in [-0.25, -0.2) is 4.79 Å². The van der Waals surface area contributed by atoms with Gasteiger partial charge >= 0.3 is 11.9 Å². The lowest BCUT2D eigenvalue weighted by Gasteiger charge is -2.34. The fourth-order valence-corrected chi connectivity index (χ4v) is 1.01. The summed E-state index contributed by atoms with van der Waals surface area (Å²) in [6.45, 7) is 2.81. The van der Waals surface area contributed by atoms with E-state index in [0.717, 1.165) is 6.08 Å². The predicted molar refractivity (Wildman–Crippen MR) is 50.9 cm³/mol. The molecule has 1 atom stereocenters. The van der Waals surface area contributed by atoms with Crippen LogP contribution in [0.2, 0.25) is 0 Å². The predicted octanol–water partition coefficient (Wildman–Crippen LogP) is -0.331. The second-order valence-corrected chi connectivity index (χ2v) is 2.54. The van der Waals surface area contributed by atoms with Crippen molar-refractivity contribution in [3.05, 3.63) is 12.7 Å². The Morgan fingerprint density at radius 3 is 2.27 bits per heavy atom. The molecule has 0 bridgehead atoms. The minimum atomic E-state index is -1.77. The molecular weight excluding hydrogens is 204 g/mol. The summed E-state index contributed by atoms with van der Waals surface area (Å²) in [5.74, 6) is -2.51. The smallest absolute Gasteiger partial charge is 0.359 e. The van der Waals surface area contributed by atoms with Gasteiger partial charge in [-0.05, 0) is 0 Å². The maximum atomic E-state index is 11.0. The lowest BCUT2D eigenvalue weighted by atomic mass is 10.3. The molecule has 0 amide bonds. The van der Waals surface area contributed by atoms with Crippen molar-refractivity contribution in [1.82, 2.24) is 0 Å². The number of hydrogen-bond acceptors (Lipinski definition) is 6. The Morgan fingerprint density at radius 1 is 1.47 bits per heavy atom. The van der Waals surface area contributed by atoms with Crippen molar-refractivity contribution < 1.29 is 28.8 Å². The third kappa shape index (κ3) is 3.28. The highest BCUT2D eigenvalue weighted by Gasteiger charge is 2.44. The molecule has 1 unspecified atom stereocenters. The number of esters is 1. The van der Waals surface area contributed by atoms with E-state index in [1.807, 2.05) is 0 Å². The first-order chi connectivity index (χ1) is 7.10. The van der Waals surface area contributed by atoms with Crippen LogP contribution in [0.15, 0.2) is 12.7 Å². The number of carbonyl (C=O) groups is 1. The highest BCUT2D eigenvalue weighted by atomic mass is 16.9. The Morgan fingerprint density at radius 2 is 2.00 bits per heavy atom. The van der Waals surface area contributed by atoms with Crippen molar-refractivity contribution in [2.45, 2.75) is 12.1 Å². The van der Waals surface area contributed by atoms with Crippen molar-refractivity contribution in [2.24, 2.45) is 0 Å². The first-order valence-corrected chi connectivity index (χ1v) is 4.19. The largest absolute Gasteiger partial charge is 0.402 e. The molecule has 0 aromatic rings. The molecule has 1 N–H and O–H groups in total. The second-order valence-electron chi connectivity index (χ2n) is 2.54. The Hall–Kier alpha value is -0.950. The number of methoxy groups -OCH3 is 3. The van der Waals surface area contributed by atoms with E-state index in [2.05, 4.69) is 6.58 Å². The molecule has 0 fully saturated rings. The molecule has 0 radical (unpaired) electrons. The quantitative estimate of drug-likeness (QED) is 0.360. The lowest BCUT2D eigenvalue weighted by molar-refractivity contribution is -0.383. The first kappa shape index (κ1) is 14.1. The van der Waals surface area contributed by atoms with Crippen LogP contribution >= 0.6 is 0 Å². The number of ether oxygens (including phenoxy) is 4. The molecular formula is C9H16O6. The van der Waals surface area contributed by atoms with Gasteiger partial charge in [0, 0.05) is 27.4 Å². The van der Waals surface area contributed by atoms with E-state index in [1.165, 1.54) is 21.3 Å². The Bertz CT molecular complexity index is 207. The van der Waals surface area contributed by atoms with E-state index in [4.69, 9.17) is 24.1 Å². The number of hydrogen-bond donors (Lipinski definition) is 1. The molecule has 0 aliphatic heterocycles. The summed E-state index contributed by atoms with van der Waals surface area (Å²) in [5, 5.41) is 9.01. The SMILES string of the molecule is C=CC(=O)OC(OC)(OC)C(CO)OC. The fraction of sp³-hybridized carbons (Fsp3) is 0.667. The minimum Gasteiger partial charge on any atom is -0.402 e. The molecule has 0 aliphatic rings. The second kappa shape index (κ2) is 6.52. The molecule has 0 aliphatic carbocycles. The average molecular weight is 220 g/mol. The van der Waals surface area contributed by atoms with Crippen LogP contribution in [0.25, 0.3) is 0 Å². The van der Waals surface area contributed by atoms with Gasteiger partial charge in [-0.2, -0.15) is 0 Å². The van der Waals surface area contributed by atoms with E-state index >= 15 is 0 Å². The molecule has 6 nitrogen and oxygen atoms in total. The fourth-order valence-electron chi connectivity index (χ4n) is 1.01. The van der Waals surface area contributed by atoms with Crippen molar-refractivity contribution in [2.75, 3.05) is 27.9 Å². The summed E-state index contributed by atoms with van der Waals surface area (Å²) in [7, 11) is 3.86. The van der Waals surface area contributed by atoms with Crippen LogP contribution in [0, 0.1) is 0 Å². The van der Waals surface area contributed by atoms with Crippen LogP contribution in [0.3, 0.4) is 0 Å². The summed E-state index contributed by atoms with van der Waals surface area (Å²) >= 11 is 0. The highest BCUT2D eigenvalue weighted by molar-refractivity contribution is 5.81. The van der Waals surface area contributed by atoms with Gasteiger partial charge in [0.2, 0.25) is 0 Å². The van der Waals surface area contributed by atoms with Gasteiger partial charge in [-0.15, -0.1) is 0 Å². The Balaban J connectivity index is 4.84. The van der Waals surface area contributed by atoms with Gasteiger partial charge in [0.15, 0.2) is 6.10 Å². The maximum absolute atomic E-state index is 11.0. The van der Waals surface area contributed by atoms with Crippen LogP contribution in [-0.4, -0.2) is 51.1 Å². The van der Waals surface area contributed by atoms with E-state index in [9.17, 15) is 4.79 Å². The number of aliphatic hydroxyl groups is 1. The first-order valence-electron chi connectivity index (χ1n) is 4.19. The number of aliphatic hydroxyl groups excluding tert-OH is 1. The summed E-state index contributed by atoms with van der Waals surface area (Å²) in [4.78, 5) is 11.0. The Kier molecular flexibility index (Phi) is 6.11. The van der Waals surface area contributed by atoms with Crippen LogP contribution in [0.1, 0.15) is 0 Å². The third-order valence-electron chi connectivity index (χ3n) is 1.82. The summed E-state index contributed by atoms with van der Waals surface area (Å²) in [6, 6.07) is 0. The van der Waals surface area contributed by atoms with Gasteiger partial charge in [0.25, 0.3) is 0 Å². The molecule has 0 aromatic heterocycles. The van der Waals surface area contributed by atoms with Crippen molar-refractivity contribution >= 4 is 5.97 Å². The third-order valence-corrected chi connectivity index (χ3v) is 1.82. The van der Waals surface area contributed by atoms with Crippen LogP contribution < -0.4 is 0 Å². The van der Waals surface area contributed by atoms with Crippen molar-refractivity contribution in [1.29, 1.82) is 0 Å². The van der Waals surface area contributed by atoms with Gasteiger partial charge in [0.1, 0.15) is 0 Å². The van der Waals surface area contributed by atoms with Crippen molar-refractivity contribution in [3.8, 4) is 0 Å². The van der Waals surface area contributed by atoms with Gasteiger partial charge in [-0.1, -0.05) is 6.58 Å². The topological polar surface area (TPSA) is 74.2 Å². The highest BCUT2D eigenvalue weighted by Crippen LogP contribution is 2.21. The van der Waals surface area contributed by atoms with Gasteiger partial charge in [0.05, 0.1) is 6.61 Å². The van der Waals surface area contributed by atoms with E-state index < -0.39 is 24.7 Å². The van der Waals surface area contributed by atoms with Crippen LogP contribution in [-0.2, 0) is 23.7 Å². The molecule has 0 saturated heterocycles. The van der Waals surface area contributed by atoms with Crippen LogP contribution in [0.5, 0.6) is 0 Å². The normalized spacial score (nSPS) is 13.3. The maximum Gasteiger partial charge on any atom is 0.359 e. The zero-order valence-corrected chi connectivity index (χ0v) is 9.06. The van der Waals surface area contributed by atoms with Gasteiger partial charge in [-0.3, -0.25) is 0 Å². The Labute approximate surface area is 88.4 Å². The van der Waals surface area contributed by atoms with Crippen molar-refractivity contribution in [3.63, 3.8) is 0 Å². The molecule has 0 aromatic carbocycles. The van der Waals surface area contributed by atoms with E-state index in [1.54, 1.807) is 0 Å². The zero-order chi connectivity index (χ0) is 11.9. The summed E-state index contributed by atoms with van der Waals surface area (Å²) in [6.07, 6.45) is 0.00746. The van der Waals surface area contributed by atoms with Crippen LogP contribution in [0.4, 0.5) is 0 Å². The number of rotatable bonds is 7. The van der Waals surface area contributed by atoms with E-state index in [-0.39, 0.29) is 0 Å². The molecule has 6 heteroatoms. The molecule has 0 rings (SSSR count). The molecule has 15 heavy (non-hydrogen) atoms.